The van der Waals surface area contributed by atoms with Gasteiger partial charge in [-0.2, -0.15) is 5.10 Å². The largest absolute Gasteiger partial charge is 0.396 e. The second kappa shape index (κ2) is 4.31. The molecular formula is C12H17N3O2. The Kier molecular flexibility index (Phi) is 3.00. The van der Waals surface area contributed by atoms with Gasteiger partial charge in [0.2, 0.25) is 5.91 Å². The number of nitrogens with two attached hydrogens (primary N) is 1. The first-order valence-corrected chi connectivity index (χ1v) is 5.88. The predicted molar refractivity (Wildman–Crippen MR) is 63.7 cm³/mol. The van der Waals surface area contributed by atoms with Crippen LogP contribution >= 0.6 is 0 Å². The van der Waals surface area contributed by atoms with Gasteiger partial charge in [-0.1, -0.05) is 0 Å². The van der Waals surface area contributed by atoms with E-state index in [0.717, 1.165) is 0 Å². The zero-order valence-electron chi connectivity index (χ0n) is 10.2. The Labute approximate surface area is 100.0 Å². The molecule has 0 aromatic carbocycles. The van der Waals surface area contributed by atoms with Crippen molar-refractivity contribution in [3.63, 3.8) is 0 Å². The Hall–Kier alpha value is -1.65. The summed E-state index contributed by atoms with van der Waals surface area (Å²) in [5.74, 6) is 0.127. The molecule has 0 aliphatic heterocycles. The number of nitrogen functional groups attached to an aromatic ring is 1. The maximum atomic E-state index is 12.2. The molecule has 1 aromatic heterocycles. The zero-order valence-corrected chi connectivity index (χ0v) is 10.2. The molecule has 5 nitrogen and oxygen atoms in total. The fraction of sp³-hybridized carbons (Fsp3) is 0.583. The van der Waals surface area contributed by atoms with Crippen LogP contribution < -0.4 is 5.73 Å². The van der Waals surface area contributed by atoms with E-state index in [2.05, 4.69) is 5.10 Å². The van der Waals surface area contributed by atoms with Crippen LogP contribution in [0.1, 0.15) is 41.9 Å². The molecule has 0 radical (unpaired) electrons. The molecule has 2 N–H and O–H groups in total. The van der Waals surface area contributed by atoms with Crippen LogP contribution in [0.3, 0.4) is 0 Å². The molecule has 5 heteroatoms. The zero-order chi connectivity index (χ0) is 12.6. The minimum absolute atomic E-state index is 0.0326. The van der Waals surface area contributed by atoms with Crippen LogP contribution in [0, 0.1) is 19.8 Å². The number of nitrogens with zero attached hydrogens (tertiary/aromatic N) is 2. The van der Waals surface area contributed by atoms with Crippen molar-refractivity contribution >= 4 is 17.4 Å². The van der Waals surface area contributed by atoms with Crippen molar-refractivity contribution in [3.8, 4) is 0 Å². The third-order valence-electron chi connectivity index (χ3n) is 3.45. The van der Waals surface area contributed by atoms with Gasteiger partial charge in [-0.05, 0) is 26.7 Å². The Morgan fingerprint density at radius 3 is 2.41 bits per heavy atom. The van der Waals surface area contributed by atoms with Gasteiger partial charge < -0.3 is 5.73 Å². The summed E-state index contributed by atoms with van der Waals surface area (Å²) in [6.07, 6.45) is 2.28. The molecule has 0 bridgehead atoms. The van der Waals surface area contributed by atoms with E-state index in [1.807, 2.05) is 0 Å². The number of aryl methyl sites for hydroxylation is 1. The van der Waals surface area contributed by atoms with Crippen LogP contribution in [0.5, 0.6) is 0 Å². The van der Waals surface area contributed by atoms with Crippen molar-refractivity contribution in [1.82, 2.24) is 9.78 Å². The number of hydrogen-bond acceptors (Lipinski definition) is 4. The van der Waals surface area contributed by atoms with Crippen molar-refractivity contribution in [2.24, 2.45) is 5.92 Å². The van der Waals surface area contributed by atoms with Crippen molar-refractivity contribution < 1.29 is 9.59 Å². The normalized spacial score (nSPS) is 17.4. The summed E-state index contributed by atoms with van der Waals surface area (Å²) in [5, 5.41) is 4.16. The Morgan fingerprint density at radius 1 is 1.35 bits per heavy atom. The van der Waals surface area contributed by atoms with Gasteiger partial charge in [0.05, 0.1) is 17.1 Å². The molecule has 2 rings (SSSR count). The molecular weight excluding hydrogens is 218 g/mol. The van der Waals surface area contributed by atoms with Gasteiger partial charge in [0, 0.05) is 18.8 Å². The second-order valence-corrected chi connectivity index (χ2v) is 4.65. The fourth-order valence-corrected chi connectivity index (χ4v) is 2.23. The number of Topliss-reactive ketones (excluding diaryl/α,β-unsaturated/α-hetero) is 1. The number of ketones is 1. The second-order valence-electron chi connectivity index (χ2n) is 4.65. The number of anilines is 1. The number of rotatable bonds is 1. The van der Waals surface area contributed by atoms with E-state index in [9.17, 15) is 9.59 Å². The highest BCUT2D eigenvalue weighted by molar-refractivity contribution is 5.86. The summed E-state index contributed by atoms with van der Waals surface area (Å²) in [6, 6.07) is 0. The molecule has 1 fully saturated rings. The minimum Gasteiger partial charge on any atom is -0.396 e. The molecule has 17 heavy (non-hydrogen) atoms. The lowest BCUT2D eigenvalue weighted by atomic mass is 9.88. The number of aromatic nitrogens is 2. The van der Waals surface area contributed by atoms with Crippen LogP contribution in [0.15, 0.2) is 0 Å². The third kappa shape index (κ3) is 2.09. The Morgan fingerprint density at radius 2 is 1.94 bits per heavy atom. The van der Waals surface area contributed by atoms with E-state index in [0.29, 0.717) is 42.8 Å². The lowest BCUT2D eigenvalue weighted by Crippen LogP contribution is -2.28. The van der Waals surface area contributed by atoms with Gasteiger partial charge in [0.25, 0.3) is 0 Å². The van der Waals surface area contributed by atoms with Gasteiger partial charge in [-0.25, -0.2) is 4.68 Å². The quantitative estimate of drug-likeness (QED) is 0.799. The molecule has 1 heterocycles. The summed E-state index contributed by atoms with van der Waals surface area (Å²) in [6.45, 7) is 3.58. The molecule has 0 saturated heterocycles. The molecule has 0 atom stereocenters. The van der Waals surface area contributed by atoms with Crippen molar-refractivity contribution in [1.29, 1.82) is 0 Å². The number of carbonyl (C=O) groups excluding carboxylic acids is 2. The molecule has 0 spiro atoms. The van der Waals surface area contributed by atoms with Crippen molar-refractivity contribution in [2.45, 2.75) is 39.5 Å². The highest BCUT2D eigenvalue weighted by Crippen LogP contribution is 2.25. The predicted octanol–water partition coefficient (Wildman–Crippen LogP) is 1.48. The first kappa shape index (κ1) is 11.8. The lowest BCUT2D eigenvalue weighted by Gasteiger charge is -2.19. The summed E-state index contributed by atoms with van der Waals surface area (Å²) in [4.78, 5) is 23.4. The van der Waals surface area contributed by atoms with Crippen LogP contribution in [0.2, 0.25) is 0 Å². The summed E-state index contributed by atoms with van der Waals surface area (Å²) in [7, 11) is 0. The summed E-state index contributed by atoms with van der Waals surface area (Å²) < 4.78 is 1.39. The molecule has 0 unspecified atom stereocenters. The van der Waals surface area contributed by atoms with Crippen LogP contribution in [-0.4, -0.2) is 21.5 Å². The van der Waals surface area contributed by atoms with Crippen molar-refractivity contribution in [2.75, 3.05) is 5.73 Å². The highest BCUT2D eigenvalue weighted by atomic mass is 16.2. The molecule has 1 aliphatic rings. The van der Waals surface area contributed by atoms with Gasteiger partial charge in [0.1, 0.15) is 5.78 Å². The molecule has 0 amide bonds. The Balaban J connectivity index is 2.19. The molecule has 92 valence electrons. The van der Waals surface area contributed by atoms with E-state index < -0.39 is 0 Å². The monoisotopic (exact) mass is 235 g/mol. The van der Waals surface area contributed by atoms with Crippen LogP contribution in [0.25, 0.3) is 0 Å². The first-order chi connectivity index (χ1) is 8.00. The summed E-state index contributed by atoms with van der Waals surface area (Å²) in [5.41, 5.74) is 7.76. The number of carbonyl (C=O) groups is 2. The van der Waals surface area contributed by atoms with Gasteiger partial charge in [-0.3, -0.25) is 9.59 Å². The average Bonchev–Trinajstić information content (AvgIpc) is 2.57. The standard InChI is InChI=1S/C12H17N3O2/c1-7-11(13)8(2)15(14-7)12(17)9-3-5-10(16)6-4-9/h9H,3-6,13H2,1-2H3. The summed E-state index contributed by atoms with van der Waals surface area (Å²) >= 11 is 0. The molecule has 1 aliphatic carbocycles. The van der Waals surface area contributed by atoms with Crippen LogP contribution in [0.4, 0.5) is 5.69 Å². The molecule has 1 saturated carbocycles. The van der Waals surface area contributed by atoms with E-state index in [-0.39, 0.29) is 17.6 Å². The van der Waals surface area contributed by atoms with E-state index >= 15 is 0 Å². The van der Waals surface area contributed by atoms with Crippen LogP contribution in [-0.2, 0) is 4.79 Å². The molecule has 1 aromatic rings. The fourth-order valence-electron chi connectivity index (χ4n) is 2.23. The van der Waals surface area contributed by atoms with E-state index in [4.69, 9.17) is 5.73 Å². The van der Waals surface area contributed by atoms with Gasteiger partial charge in [-0.15, -0.1) is 0 Å². The minimum atomic E-state index is -0.0925. The maximum Gasteiger partial charge on any atom is 0.250 e. The SMILES string of the molecule is Cc1nn(C(=O)C2CCC(=O)CC2)c(C)c1N. The van der Waals surface area contributed by atoms with Crippen molar-refractivity contribution in [3.05, 3.63) is 11.4 Å². The average molecular weight is 235 g/mol. The van der Waals surface area contributed by atoms with Gasteiger partial charge >= 0.3 is 0 Å². The van der Waals surface area contributed by atoms with E-state index in [1.54, 1.807) is 13.8 Å². The maximum absolute atomic E-state index is 12.2. The Bertz CT molecular complexity index is 466. The topological polar surface area (TPSA) is 78.0 Å². The van der Waals surface area contributed by atoms with Gasteiger partial charge in [0.15, 0.2) is 0 Å². The highest BCUT2D eigenvalue weighted by Gasteiger charge is 2.27. The first-order valence-electron chi connectivity index (χ1n) is 5.88. The van der Waals surface area contributed by atoms with E-state index in [1.165, 1.54) is 4.68 Å². The third-order valence-corrected chi connectivity index (χ3v) is 3.45. The smallest absolute Gasteiger partial charge is 0.250 e. The number of hydrogen-bond donors (Lipinski definition) is 1. The lowest BCUT2D eigenvalue weighted by molar-refractivity contribution is -0.120.